The third-order valence-corrected chi connectivity index (χ3v) is 5.67. The van der Waals surface area contributed by atoms with E-state index in [1.807, 2.05) is 12.3 Å². The van der Waals surface area contributed by atoms with Gasteiger partial charge in [0, 0.05) is 44.2 Å². The lowest BCUT2D eigenvalue weighted by Gasteiger charge is -2.24. The van der Waals surface area contributed by atoms with Gasteiger partial charge < -0.3 is 16.0 Å². The Morgan fingerprint density at radius 2 is 2.10 bits per heavy atom. The van der Waals surface area contributed by atoms with Gasteiger partial charge in [0.2, 0.25) is 0 Å². The average molecular weight is 389 g/mol. The molecule has 29 heavy (non-hydrogen) atoms. The average Bonchev–Trinajstić information content (AvgIpc) is 3.13. The summed E-state index contributed by atoms with van der Waals surface area (Å²) in [6.45, 7) is 0.722. The van der Waals surface area contributed by atoms with Crippen LogP contribution in [0.15, 0.2) is 47.7 Å². The topological polar surface area (TPSA) is 92.0 Å². The number of aromatic amines is 1. The maximum absolute atomic E-state index is 5.69. The van der Waals surface area contributed by atoms with E-state index in [4.69, 9.17) is 5.73 Å². The highest BCUT2D eigenvalue weighted by atomic mass is 15.0. The lowest BCUT2D eigenvalue weighted by Crippen LogP contribution is -2.11. The van der Waals surface area contributed by atoms with Gasteiger partial charge in [-0.3, -0.25) is 4.99 Å². The molecule has 4 rings (SSSR count). The molecular formula is C23H28N6. The van der Waals surface area contributed by atoms with Crippen LogP contribution in [0.25, 0.3) is 16.7 Å². The number of aliphatic imine (C=N–C) groups is 1. The van der Waals surface area contributed by atoms with Crippen LogP contribution in [0.4, 0.5) is 5.69 Å². The summed E-state index contributed by atoms with van der Waals surface area (Å²) in [7, 11) is 1.74. The van der Waals surface area contributed by atoms with Gasteiger partial charge in [-0.1, -0.05) is 43.5 Å². The Bertz CT molecular complexity index is 1010. The summed E-state index contributed by atoms with van der Waals surface area (Å²) in [5.41, 5.74) is 11.6. The number of aryl methyl sites for hydroxylation is 1. The van der Waals surface area contributed by atoms with Crippen molar-refractivity contribution in [3.63, 3.8) is 0 Å². The molecule has 1 saturated carbocycles. The molecule has 4 N–H and O–H groups in total. The number of pyridine rings is 1. The van der Waals surface area contributed by atoms with E-state index in [9.17, 15) is 0 Å². The number of hydrogen-bond donors (Lipinski definition) is 3. The summed E-state index contributed by atoms with van der Waals surface area (Å²) in [5.74, 6) is 1.92. The fourth-order valence-corrected chi connectivity index (χ4v) is 3.71. The number of nitrogens with two attached hydrogens (primary N) is 1. The molecule has 0 spiro atoms. The number of anilines is 1. The van der Waals surface area contributed by atoms with Gasteiger partial charge in [0.15, 0.2) is 5.65 Å². The zero-order chi connectivity index (χ0) is 20.1. The van der Waals surface area contributed by atoms with E-state index in [1.54, 1.807) is 19.5 Å². The monoisotopic (exact) mass is 388 g/mol. The van der Waals surface area contributed by atoms with Crippen molar-refractivity contribution in [3.8, 4) is 0 Å². The van der Waals surface area contributed by atoms with Crippen LogP contribution in [0.3, 0.4) is 0 Å². The maximum atomic E-state index is 5.69. The van der Waals surface area contributed by atoms with Gasteiger partial charge in [-0.25, -0.2) is 9.97 Å². The van der Waals surface area contributed by atoms with E-state index < -0.39 is 0 Å². The Morgan fingerprint density at radius 1 is 1.28 bits per heavy atom. The molecule has 0 radical (unpaired) electrons. The smallest absolute Gasteiger partial charge is 0.179 e. The molecule has 0 unspecified atom stereocenters. The lowest BCUT2D eigenvalue weighted by atomic mass is 9.82. The number of aromatic nitrogens is 3. The van der Waals surface area contributed by atoms with E-state index in [0.29, 0.717) is 0 Å². The first-order valence-electron chi connectivity index (χ1n) is 10.3. The largest absolute Gasteiger partial charge is 0.404 e. The first-order valence-corrected chi connectivity index (χ1v) is 10.3. The summed E-state index contributed by atoms with van der Waals surface area (Å²) in [4.78, 5) is 16.6. The summed E-state index contributed by atoms with van der Waals surface area (Å²) in [5, 5.41) is 3.52. The second-order valence-electron chi connectivity index (χ2n) is 7.64. The highest BCUT2D eigenvalue weighted by Crippen LogP contribution is 2.30. The van der Waals surface area contributed by atoms with Crippen LogP contribution in [-0.2, 0) is 13.0 Å². The molecule has 1 fully saturated rings. The molecule has 0 saturated heterocycles. The summed E-state index contributed by atoms with van der Waals surface area (Å²) >= 11 is 0. The number of nitrogens with zero attached hydrogens (tertiary/aromatic N) is 3. The third-order valence-electron chi connectivity index (χ3n) is 5.67. The number of allylic oxidation sites excluding steroid dienone is 1. The fourth-order valence-electron chi connectivity index (χ4n) is 3.71. The minimum Gasteiger partial charge on any atom is -0.404 e. The number of fused-ring (bicyclic) bond motifs is 1. The molecule has 6 nitrogen and oxygen atoms in total. The fraction of sp³-hybridized carbons (Fsp3) is 0.348. The van der Waals surface area contributed by atoms with Crippen molar-refractivity contribution >= 4 is 28.6 Å². The van der Waals surface area contributed by atoms with Gasteiger partial charge >= 0.3 is 0 Å². The summed E-state index contributed by atoms with van der Waals surface area (Å²) in [6, 6.07) is 10.3. The van der Waals surface area contributed by atoms with Crippen LogP contribution in [0.1, 0.15) is 42.6 Å². The highest BCUT2D eigenvalue weighted by molar-refractivity contribution is 6.09. The van der Waals surface area contributed by atoms with Crippen LogP contribution >= 0.6 is 0 Å². The van der Waals surface area contributed by atoms with Gasteiger partial charge in [0.1, 0.15) is 11.3 Å². The molecule has 0 aliphatic heterocycles. The molecule has 1 aliphatic carbocycles. The molecule has 1 aromatic carbocycles. The Balaban J connectivity index is 1.43. The molecule has 0 bridgehead atoms. The van der Waals surface area contributed by atoms with Crippen LogP contribution < -0.4 is 11.1 Å². The summed E-state index contributed by atoms with van der Waals surface area (Å²) in [6.07, 6.45) is 11.5. The number of rotatable bonds is 8. The molecule has 0 atom stereocenters. The second-order valence-corrected chi connectivity index (χ2v) is 7.64. The zero-order valence-corrected chi connectivity index (χ0v) is 16.9. The van der Waals surface area contributed by atoms with Gasteiger partial charge in [0.05, 0.1) is 5.69 Å². The van der Waals surface area contributed by atoms with Crippen molar-refractivity contribution in [2.24, 2.45) is 16.6 Å². The predicted octanol–water partition coefficient (Wildman–Crippen LogP) is 4.30. The quantitative estimate of drug-likeness (QED) is 0.502. The van der Waals surface area contributed by atoms with Crippen molar-refractivity contribution in [2.45, 2.75) is 38.6 Å². The molecule has 150 valence electrons. The standard InChI is InChI=1S/C23H28N6/c1-25-15-19(13-24)18-8-5-17(6-9-18)14-27-20-11-12-26-23-22(20)28-21(29-23)10-7-16-3-2-4-16/h5-6,8-9,11-13,15-16H,2-4,7,10,14,24H2,1H3,(H2,26,27,28,29)/b19-13+,25-15?. The van der Waals surface area contributed by atoms with Gasteiger partial charge in [-0.2, -0.15) is 0 Å². The first-order chi connectivity index (χ1) is 14.3. The number of nitrogens with one attached hydrogen (secondary N) is 2. The molecule has 2 aromatic heterocycles. The van der Waals surface area contributed by atoms with Crippen LogP contribution in [-0.4, -0.2) is 28.2 Å². The minimum absolute atomic E-state index is 0.722. The lowest BCUT2D eigenvalue weighted by molar-refractivity contribution is 0.295. The molecule has 1 aliphatic rings. The number of H-pyrrole nitrogens is 1. The molecular weight excluding hydrogens is 360 g/mol. The predicted molar refractivity (Wildman–Crippen MR) is 120 cm³/mol. The van der Waals surface area contributed by atoms with Crippen LogP contribution in [0, 0.1) is 5.92 Å². The molecule has 3 aromatic rings. The van der Waals surface area contributed by atoms with Crippen LogP contribution in [0.5, 0.6) is 0 Å². The van der Waals surface area contributed by atoms with Crippen LogP contribution in [0.2, 0.25) is 0 Å². The Hall–Kier alpha value is -3.15. The van der Waals surface area contributed by atoms with Crippen molar-refractivity contribution in [3.05, 3.63) is 59.7 Å². The Labute approximate surface area is 171 Å². The normalized spacial score (nSPS) is 15.1. The van der Waals surface area contributed by atoms with E-state index in [0.717, 1.165) is 52.7 Å². The minimum atomic E-state index is 0.722. The second kappa shape index (κ2) is 8.90. The van der Waals surface area contributed by atoms with Crippen molar-refractivity contribution in [2.75, 3.05) is 12.4 Å². The van der Waals surface area contributed by atoms with Gasteiger partial charge in [-0.05, 0) is 29.5 Å². The van der Waals surface area contributed by atoms with Crippen molar-refractivity contribution in [1.82, 2.24) is 15.0 Å². The Morgan fingerprint density at radius 3 is 2.79 bits per heavy atom. The van der Waals surface area contributed by atoms with Gasteiger partial charge in [0.25, 0.3) is 0 Å². The molecule has 0 amide bonds. The number of benzene rings is 1. The number of imidazole rings is 1. The van der Waals surface area contributed by atoms with Crippen molar-refractivity contribution in [1.29, 1.82) is 0 Å². The number of hydrogen-bond acceptors (Lipinski definition) is 5. The van der Waals surface area contributed by atoms with Gasteiger partial charge in [-0.15, -0.1) is 0 Å². The van der Waals surface area contributed by atoms with E-state index in [1.165, 1.54) is 31.2 Å². The first kappa shape index (κ1) is 19.2. The Kier molecular flexibility index (Phi) is 5.89. The van der Waals surface area contributed by atoms with E-state index in [2.05, 4.69) is 49.5 Å². The maximum Gasteiger partial charge on any atom is 0.179 e. The van der Waals surface area contributed by atoms with E-state index >= 15 is 0 Å². The highest BCUT2D eigenvalue weighted by Gasteiger charge is 2.18. The third kappa shape index (κ3) is 4.47. The van der Waals surface area contributed by atoms with Crippen molar-refractivity contribution < 1.29 is 0 Å². The molecule has 6 heteroatoms. The van der Waals surface area contributed by atoms with E-state index in [-0.39, 0.29) is 0 Å². The zero-order valence-electron chi connectivity index (χ0n) is 16.9. The summed E-state index contributed by atoms with van der Waals surface area (Å²) < 4.78 is 0. The molecule has 2 heterocycles. The SMILES string of the molecule is CN=C/C(=C\N)c1ccc(CNc2ccnc3nc(CCC4CCC4)[nH]c23)cc1.